The highest BCUT2D eigenvalue weighted by Gasteiger charge is 2.22. The molecule has 170 valence electrons. The van der Waals surface area contributed by atoms with E-state index in [1.54, 1.807) is 20.8 Å². The fourth-order valence-corrected chi connectivity index (χ4v) is 4.23. The Kier molecular flexibility index (Phi) is 9.18. The molecular formula is C23H32N2O5S. The van der Waals surface area contributed by atoms with E-state index in [0.29, 0.717) is 38.5 Å². The number of rotatable bonds is 11. The molecule has 8 heteroatoms. The van der Waals surface area contributed by atoms with E-state index in [1.165, 1.54) is 24.3 Å². The van der Waals surface area contributed by atoms with Crippen molar-refractivity contribution in [1.82, 2.24) is 10.0 Å². The van der Waals surface area contributed by atoms with Gasteiger partial charge in [-0.25, -0.2) is 13.1 Å². The lowest BCUT2D eigenvalue weighted by Gasteiger charge is -2.20. The standard InChI is InChI=1S/C23H32N2O5S/c1-5-29-13-14-30-17-19-8-6-7-18(15-19)16-24-22(26)20-9-11-21(12-10-20)31(27,28)25-23(2,3)4/h6-12,15,25H,5,13-14,16-17H2,1-4H3,(H,24,26). The lowest BCUT2D eigenvalue weighted by atomic mass is 10.1. The number of amides is 1. The molecule has 2 aromatic carbocycles. The zero-order valence-corrected chi connectivity index (χ0v) is 19.4. The number of ether oxygens (including phenoxy) is 2. The Morgan fingerprint density at radius 2 is 1.61 bits per heavy atom. The maximum atomic E-state index is 12.5. The minimum atomic E-state index is -3.64. The Morgan fingerprint density at radius 1 is 0.968 bits per heavy atom. The van der Waals surface area contributed by atoms with Gasteiger partial charge in [-0.2, -0.15) is 0 Å². The van der Waals surface area contributed by atoms with Crippen LogP contribution in [0.2, 0.25) is 0 Å². The second-order valence-electron chi connectivity index (χ2n) is 8.13. The van der Waals surface area contributed by atoms with Crippen LogP contribution in [-0.2, 0) is 32.6 Å². The molecule has 2 rings (SSSR count). The summed E-state index contributed by atoms with van der Waals surface area (Å²) in [4.78, 5) is 12.6. The fourth-order valence-electron chi connectivity index (χ4n) is 2.81. The second kappa shape index (κ2) is 11.4. The maximum Gasteiger partial charge on any atom is 0.251 e. The zero-order chi connectivity index (χ0) is 22.9. The van der Waals surface area contributed by atoms with Crippen molar-refractivity contribution in [1.29, 1.82) is 0 Å². The first-order valence-electron chi connectivity index (χ1n) is 10.3. The largest absolute Gasteiger partial charge is 0.379 e. The van der Waals surface area contributed by atoms with Crippen LogP contribution in [-0.4, -0.2) is 39.7 Å². The molecule has 0 spiro atoms. The highest BCUT2D eigenvalue weighted by Crippen LogP contribution is 2.14. The van der Waals surface area contributed by atoms with Crippen LogP contribution < -0.4 is 10.0 Å². The molecule has 1 amide bonds. The van der Waals surface area contributed by atoms with E-state index >= 15 is 0 Å². The van der Waals surface area contributed by atoms with Crippen molar-refractivity contribution in [3.05, 3.63) is 65.2 Å². The fraction of sp³-hybridized carbons (Fsp3) is 0.435. The average molecular weight is 449 g/mol. The van der Waals surface area contributed by atoms with Gasteiger partial charge in [0, 0.05) is 24.3 Å². The quantitative estimate of drug-likeness (QED) is 0.515. The first kappa shape index (κ1) is 25.0. The molecule has 0 unspecified atom stereocenters. The highest BCUT2D eigenvalue weighted by molar-refractivity contribution is 7.89. The summed E-state index contributed by atoms with van der Waals surface area (Å²) in [6.45, 7) is 9.87. The van der Waals surface area contributed by atoms with Crippen molar-refractivity contribution in [3.63, 3.8) is 0 Å². The summed E-state index contributed by atoms with van der Waals surface area (Å²) in [5.74, 6) is -0.272. The second-order valence-corrected chi connectivity index (χ2v) is 9.81. The third-order valence-corrected chi connectivity index (χ3v) is 5.93. The van der Waals surface area contributed by atoms with E-state index in [-0.39, 0.29) is 10.8 Å². The summed E-state index contributed by atoms with van der Waals surface area (Å²) in [7, 11) is -3.64. The lowest BCUT2D eigenvalue weighted by Crippen LogP contribution is -2.40. The number of sulfonamides is 1. The van der Waals surface area contributed by atoms with Crippen LogP contribution in [0.5, 0.6) is 0 Å². The predicted octanol–water partition coefficient (Wildman–Crippen LogP) is 3.25. The van der Waals surface area contributed by atoms with Gasteiger partial charge in [-0.1, -0.05) is 24.3 Å². The molecule has 0 heterocycles. The van der Waals surface area contributed by atoms with Crippen molar-refractivity contribution in [2.45, 2.75) is 51.3 Å². The molecule has 0 bridgehead atoms. The van der Waals surface area contributed by atoms with E-state index in [4.69, 9.17) is 9.47 Å². The van der Waals surface area contributed by atoms with Gasteiger partial charge in [0.15, 0.2) is 0 Å². The van der Waals surface area contributed by atoms with Crippen molar-refractivity contribution in [2.75, 3.05) is 19.8 Å². The average Bonchev–Trinajstić information content (AvgIpc) is 2.70. The van der Waals surface area contributed by atoms with Crippen LogP contribution >= 0.6 is 0 Å². The molecule has 0 aliphatic heterocycles. The lowest BCUT2D eigenvalue weighted by molar-refractivity contribution is 0.0453. The van der Waals surface area contributed by atoms with Crippen molar-refractivity contribution < 1.29 is 22.7 Å². The highest BCUT2D eigenvalue weighted by atomic mass is 32.2. The molecule has 0 aliphatic carbocycles. The summed E-state index contributed by atoms with van der Waals surface area (Å²) in [5, 5.41) is 2.86. The smallest absolute Gasteiger partial charge is 0.251 e. The maximum absolute atomic E-state index is 12.5. The van der Waals surface area contributed by atoms with Crippen molar-refractivity contribution >= 4 is 15.9 Å². The molecule has 2 N–H and O–H groups in total. The Hall–Kier alpha value is -2.26. The summed E-state index contributed by atoms with van der Waals surface area (Å²) < 4.78 is 38.1. The van der Waals surface area contributed by atoms with E-state index in [1.807, 2.05) is 31.2 Å². The Labute approximate surface area is 185 Å². The minimum Gasteiger partial charge on any atom is -0.379 e. The van der Waals surface area contributed by atoms with E-state index < -0.39 is 15.6 Å². The van der Waals surface area contributed by atoms with Gasteiger partial charge in [0.25, 0.3) is 5.91 Å². The molecular weight excluding hydrogens is 416 g/mol. The molecule has 0 saturated heterocycles. The summed E-state index contributed by atoms with van der Waals surface area (Å²) in [6, 6.07) is 13.7. The normalized spacial score (nSPS) is 12.0. The number of nitrogens with one attached hydrogen (secondary N) is 2. The molecule has 0 saturated carbocycles. The van der Waals surface area contributed by atoms with Crippen LogP contribution in [0.3, 0.4) is 0 Å². The van der Waals surface area contributed by atoms with Gasteiger partial charge in [-0.3, -0.25) is 4.79 Å². The summed E-state index contributed by atoms with van der Waals surface area (Å²) >= 11 is 0. The molecule has 0 aliphatic rings. The van der Waals surface area contributed by atoms with Gasteiger partial charge in [0.05, 0.1) is 24.7 Å². The molecule has 0 fully saturated rings. The van der Waals surface area contributed by atoms with Gasteiger partial charge in [0.2, 0.25) is 10.0 Å². The van der Waals surface area contributed by atoms with Crippen LogP contribution in [0.25, 0.3) is 0 Å². The Bertz CT molecular complexity index is 951. The van der Waals surface area contributed by atoms with Gasteiger partial charge < -0.3 is 14.8 Å². The zero-order valence-electron chi connectivity index (χ0n) is 18.6. The van der Waals surface area contributed by atoms with Crippen LogP contribution in [0.15, 0.2) is 53.4 Å². The van der Waals surface area contributed by atoms with Gasteiger partial charge in [-0.15, -0.1) is 0 Å². The molecule has 2 aromatic rings. The van der Waals surface area contributed by atoms with E-state index in [0.717, 1.165) is 11.1 Å². The number of hydrogen-bond acceptors (Lipinski definition) is 5. The van der Waals surface area contributed by atoms with Crippen molar-refractivity contribution in [3.8, 4) is 0 Å². The summed E-state index contributed by atoms with van der Waals surface area (Å²) in [5.41, 5.74) is 1.78. The molecule has 7 nitrogen and oxygen atoms in total. The van der Waals surface area contributed by atoms with Gasteiger partial charge in [0.1, 0.15) is 0 Å². The third-order valence-electron chi connectivity index (χ3n) is 4.16. The number of carbonyl (C=O) groups is 1. The monoisotopic (exact) mass is 448 g/mol. The number of benzene rings is 2. The predicted molar refractivity (Wildman–Crippen MR) is 120 cm³/mol. The van der Waals surface area contributed by atoms with Gasteiger partial charge in [-0.05, 0) is 63.1 Å². The summed E-state index contributed by atoms with van der Waals surface area (Å²) in [6.07, 6.45) is 0. The van der Waals surface area contributed by atoms with Crippen molar-refractivity contribution in [2.24, 2.45) is 0 Å². The Balaban J connectivity index is 1.91. The van der Waals surface area contributed by atoms with Crippen LogP contribution in [0.4, 0.5) is 0 Å². The molecule has 0 aromatic heterocycles. The van der Waals surface area contributed by atoms with E-state index in [9.17, 15) is 13.2 Å². The molecule has 31 heavy (non-hydrogen) atoms. The SMILES string of the molecule is CCOCCOCc1cccc(CNC(=O)c2ccc(S(=O)(=O)NC(C)(C)C)cc2)c1. The minimum absolute atomic E-state index is 0.121. The molecule has 0 atom stereocenters. The Morgan fingerprint density at radius 3 is 2.26 bits per heavy atom. The topological polar surface area (TPSA) is 93.7 Å². The third kappa shape index (κ3) is 8.78. The van der Waals surface area contributed by atoms with E-state index in [2.05, 4.69) is 10.0 Å². The van der Waals surface area contributed by atoms with Gasteiger partial charge >= 0.3 is 0 Å². The first-order chi connectivity index (χ1) is 14.6. The van der Waals surface area contributed by atoms with Crippen LogP contribution in [0.1, 0.15) is 49.2 Å². The number of hydrogen-bond donors (Lipinski definition) is 2. The van der Waals surface area contributed by atoms with Crippen LogP contribution in [0, 0.1) is 0 Å². The number of carbonyl (C=O) groups excluding carboxylic acids is 1. The molecule has 0 radical (unpaired) electrons. The first-order valence-corrected chi connectivity index (χ1v) is 11.7.